The topological polar surface area (TPSA) is 128 Å². The van der Waals surface area contributed by atoms with Crippen LogP contribution < -0.4 is 10.6 Å². The summed E-state index contributed by atoms with van der Waals surface area (Å²) in [6.45, 7) is 2.55. The van der Waals surface area contributed by atoms with E-state index in [4.69, 9.17) is 9.84 Å². The number of hydrogen-bond acceptors (Lipinski definition) is 6. The molecular formula is C24H35N3O6. The minimum absolute atomic E-state index is 0.120. The molecule has 2 aliphatic rings. The molecule has 0 aliphatic carbocycles. The summed E-state index contributed by atoms with van der Waals surface area (Å²) in [5.74, 6) is -0.584. The SMILES string of the molecule is O=C(O)COC1CCN(C(=O)[C@H](Cc2ccc(O)cc2)NC(=O)CCC2CCNCC2)CC1. The molecule has 2 saturated heterocycles. The van der Waals surface area contributed by atoms with Gasteiger partial charge < -0.3 is 30.5 Å². The number of carbonyl (C=O) groups excluding carboxylic acids is 2. The van der Waals surface area contributed by atoms with Crippen LogP contribution in [0.25, 0.3) is 0 Å². The molecule has 182 valence electrons. The van der Waals surface area contributed by atoms with E-state index in [0.717, 1.165) is 37.9 Å². The Morgan fingerprint density at radius 2 is 1.76 bits per heavy atom. The predicted octanol–water partition coefficient (Wildman–Crippen LogP) is 1.29. The van der Waals surface area contributed by atoms with E-state index in [1.807, 2.05) is 0 Å². The first-order chi connectivity index (χ1) is 15.9. The van der Waals surface area contributed by atoms with Crippen molar-refractivity contribution in [2.45, 2.75) is 57.1 Å². The summed E-state index contributed by atoms with van der Waals surface area (Å²) in [4.78, 5) is 38.4. The first kappa shape index (κ1) is 25.0. The van der Waals surface area contributed by atoms with Crippen LogP contribution in [0.2, 0.25) is 0 Å². The van der Waals surface area contributed by atoms with Crippen LogP contribution in [0.15, 0.2) is 24.3 Å². The quantitative estimate of drug-likeness (QED) is 0.413. The molecule has 3 rings (SSSR count). The first-order valence-corrected chi connectivity index (χ1v) is 11.8. The normalized spacial score (nSPS) is 18.6. The number of benzene rings is 1. The molecule has 2 aliphatic heterocycles. The van der Waals surface area contributed by atoms with Gasteiger partial charge in [0.2, 0.25) is 11.8 Å². The number of amides is 2. The number of carbonyl (C=O) groups is 3. The number of nitrogens with one attached hydrogen (secondary N) is 2. The standard InChI is InChI=1S/C24H35N3O6/c28-19-4-1-18(2-5-19)15-21(26-22(29)6-3-17-7-11-25-12-8-17)24(32)27-13-9-20(10-14-27)33-16-23(30)31/h1-2,4-5,17,20-21,25,28H,3,6-16H2,(H,26,29)(H,30,31)/t21-/m0/s1. The van der Waals surface area contributed by atoms with Gasteiger partial charge >= 0.3 is 5.97 Å². The van der Waals surface area contributed by atoms with Crippen molar-refractivity contribution < 1.29 is 29.3 Å². The maximum absolute atomic E-state index is 13.3. The lowest BCUT2D eigenvalue weighted by Crippen LogP contribution is -2.52. The Balaban J connectivity index is 1.57. The third-order valence-electron chi connectivity index (χ3n) is 6.44. The Morgan fingerprint density at radius 3 is 2.39 bits per heavy atom. The van der Waals surface area contributed by atoms with Crippen molar-refractivity contribution in [3.63, 3.8) is 0 Å². The number of carboxylic acid groups (broad SMARTS) is 1. The number of hydrogen-bond donors (Lipinski definition) is 4. The van der Waals surface area contributed by atoms with E-state index in [9.17, 15) is 19.5 Å². The summed E-state index contributed by atoms with van der Waals surface area (Å²) in [5.41, 5.74) is 0.851. The molecule has 0 radical (unpaired) electrons. The van der Waals surface area contributed by atoms with E-state index in [0.29, 0.717) is 44.7 Å². The second kappa shape index (κ2) is 12.6. The second-order valence-electron chi connectivity index (χ2n) is 8.95. The van der Waals surface area contributed by atoms with Crippen molar-refractivity contribution >= 4 is 17.8 Å². The summed E-state index contributed by atoms with van der Waals surface area (Å²) in [6.07, 6.45) is 4.65. The molecule has 4 N–H and O–H groups in total. The fourth-order valence-corrected chi connectivity index (χ4v) is 4.49. The molecule has 0 saturated carbocycles. The molecule has 9 nitrogen and oxygen atoms in total. The number of nitrogens with zero attached hydrogens (tertiary/aromatic N) is 1. The lowest BCUT2D eigenvalue weighted by molar-refractivity contribution is -0.147. The molecule has 0 spiro atoms. The number of phenolic OH excluding ortho intramolecular Hbond substituents is 1. The van der Waals surface area contributed by atoms with Crippen molar-refractivity contribution in [2.24, 2.45) is 5.92 Å². The van der Waals surface area contributed by atoms with E-state index in [1.54, 1.807) is 29.2 Å². The number of phenols is 1. The molecular weight excluding hydrogens is 426 g/mol. The Labute approximate surface area is 194 Å². The molecule has 0 bridgehead atoms. The third kappa shape index (κ3) is 8.33. The third-order valence-corrected chi connectivity index (χ3v) is 6.44. The maximum Gasteiger partial charge on any atom is 0.329 e. The van der Waals surface area contributed by atoms with Crippen molar-refractivity contribution in [3.05, 3.63) is 29.8 Å². The highest BCUT2D eigenvalue weighted by atomic mass is 16.5. The number of aromatic hydroxyl groups is 1. The van der Waals surface area contributed by atoms with Gasteiger partial charge in [-0.25, -0.2) is 4.79 Å². The molecule has 1 aromatic rings. The average molecular weight is 462 g/mol. The van der Waals surface area contributed by atoms with Crippen molar-refractivity contribution in [1.82, 2.24) is 15.5 Å². The van der Waals surface area contributed by atoms with Gasteiger partial charge in [-0.15, -0.1) is 0 Å². The molecule has 0 unspecified atom stereocenters. The molecule has 9 heteroatoms. The molecule has 1 aromatic carbocycles. The van der Waals surface area contributed by atoms with Gasteiger partial charge in [0.15, 0.2) is 0 Å². The minimum Gasteiger partial charge on any atom is -0.508 e. The van der Waals surface area contributed by atoms with E-state index in [1.165, 1.54) is 0 Å². The Kier molecular flexibility index (Phi) is 9.50. The Hall–Kier alpha value is -2.65. The van der Waals surface area contributed by atoms with Gasteiger partial charge in [-0.2, -0.15) is 0 Å². The van der Waals surface area contributed by atoms with Crippen LogP contribution in [0.4, 0.5) is 0 Å². The van der Waals surface area contributed by atoms with E-state index in [2.05, 4.69) is 10.6 Å². The van der Waals surface area contributed by atoms with Crippen molar-refractivity contribution in [2.75, 3.05) is 32.8 Å². The fraction of sp³-hybridized carbons (Fsp3) is 0.625. The highest BCUT2D eigenvalue weighted by Gasteiger charge is 2.30. The number of likely N-dealkylation sites (tertiary alicyclic amines) is 1. The highest BCUT2D eigenvalue weighted by molar-refractivity contribution is 5.88. The van der Waals surface area contributed by atoms with E-state index >= 15 is 0 Å². The van der Waals surface area contributed by atoms with Crippen LogP contribution in [0.1, 0.15) is 44.1 Å². The van der Waals surface area contributed by atoms with Crippen LogP contribution in [0.5, 0.6) is 5.75 Å². The van der Waals surface area contributed by atoms with Crippen molar-refractivity contribution in [1.29, 1.82) is 0 Å². The summed E-state index contributed by atoms with van der Waals surface area (Å²) < 4.78 is 5.36. The molecule has 2 heterocycles. The molecule has 2 amide bonds. The van der Waals surface area contributed by atoms with Crippen LogP contribution in [-0.2, 0) is 25.5 Å². The summed E-state index contributed by atoms with van der Waals surface area (Å²) in [7, 11) is 0. The molecule has 1 atom stereocenters. The average Bonchev–Trinajstić information content (AvgIpc) is 2.83. The summed E-state index contributed by atoms with van der Waals surface area (Å²) >= 11 is 0. The van der Waals surface area contributed by atoms with Gasteiger partial charge in [0.25, 0.3) is 0 Å². The zero-order valence-corrected chi connectivity index (χ0v) is 19.0. The summed E-state index contributed by atoms with van der Waals surface area (Å²) in [5, 5.41) is 24.6. The summed E-state index contributed by atoms with van der Waals surface area (Å²) in [6, 6.07) is 5.96. The minimum atomic E-state index is -1.00. The van der Waals surface area contributed by atoms with Gasteiger partial charge in [0.05, 0.1) is 6.10 Å². The van der Waals surface area contributed by atoms with Crippen LogP contribution >= 0.6 is 0 Å². The van der Waals surface area contributed by atoms with E-state index in [-0.39, 0.29) is 30.3 Å². The number of rotatable bonds is 10. The zero-order chi connectivity index (χ0) is 23.6. The highest BCUT2D eigenvalue weighted by Crippen LogP contribution is 2.19. The van der Waals surface area contributed by atoms with Crippen LogP contribution in [0, 0.1) is 5.92 Å². The fourth-order valence-electron chi connectivity index (χ4n) is 4.49. The molecule has 0 aromatic heterocycles. The maximum atomic E-state index is 13.3. The zero-order valence-electron chi connectivity index (χ0n) is 19.0. The second-order valence-corrected chi connectivity index (χ2v) is 8.95. The lowest BCUT2D eigenvalue weighted by Gasteiger charge is -2.34. The molecule has 33 heavy (non-hydrogen) atoms. The number of aliphatic carboxylic acids is 1. The monoisotopic (exact) mass is 461 g/mol. The van der Waals surface area contributed by atoms with Crippen molar-refractivity contribution in [3.8, 4) is 5.75 Å². The Morgan fingerprint density at radius 1 is 1.09 bits per heavy atom. The van der Waals surface area contributed by atoms with Gasteiger partial charge in [-0.3, -0.25) is 9.59 Å². The van der Waals surface area contributed by atoms with Gasteiger partial charge in [-0.05, 0) is 68.8 Å². The van der Waals surface area contributed by atoms with Crippen LogP contribution in [0.3, 0.4) is 0 Å². The van der Waals surface area contributed by atoms with Gasteiger partial charge in [-0.1, -0.05) is 12.1 Å². The number of ether oxygens (including phenoxy) is 1. The van der Waals surface area contributed by atoms with Gasteiger partial charge in [0.1, 0.15) is 18.4 Å². The van der Waals surface area contributed by atoms with Crippen LogP contribution in [-0.4, -0.2) is 77.8 Å². The Bertz CT molecular complexity index is 786. The lowest BCUT2D eigenvalue weighted by atomic mass is 9.93. The van der Waals surface area contributed by atoms with E-state index < -0.39 is 12.0 Å². The van der Waals surface area contributed by atoms with Gasteiger partial charge in [0, 0.05) is 25.9 Å². The number of piperidine rings is 2. The smallest absolute Gasteiger partial charge is 0.329 e. The predicted molar refractivity (Wildman–Crippen MR) is 122 cm³/mol. The largest absolute Gasteiger partial charge is 0.508 e. The number of carboxylic acids is 1. The molecule has 2 fully saturated rings. The first-order valence-electron chi connectivity index (χ1n) is 11.8.